The van der Waals surface area contributed by atoms with Crippen LogP contribution in [0.15, 0.2) is 23.2 Å². The summed E-state index contributed by atoms with van der Waals surface area (Å²) in [5.41, 5.74) is 1.17. The molecule has 0 bridgehead atoms. The average molecular weight is 477 g/mol. The van der Waals surface area contributed by atoms with E-state index in [2.05, 4.69) is 22.5 Å². The number of ether oxygens (including phenoxy) is 2. The van der Waals surface area contributed by atoms with E-state index in [1.54, 1.807) is 14.2 Å². The molecule has 2 rings (SSSR count). The molecule has 26 heavy (non-hydrogen) atoms. The molecular formula is C19H32IN3O3. The maximum Gasteiger partial charge on any atom is 0.191 e. The van der Waals surface area contributed by atoms with Crippen LogP contribution >= 0.6 is 24.0 Å². The van der Waals surface area contributed by atoms with E-state index in [-0.39, 0.29) is 30.1 Å². The lowest BCUT2D eigenvalue weighted by molar-refractivity contribution is 0.136. The second kappa shape index (κ2) is 12.2. The van der Waals surface area contributed by atoms with Gasteiger partial charge < -0.3 is 25.2 Å². The quantitative estimate of drug-likeness (QED) is 0.305. The average Bonchev–Trinajstić information content (AvgIpc) is 3.04. The summed E-state index contributed by atoms with van der Waals surface area (Å²) < 4.78 is 10.6. The van der Waals surface area contributed by atoms with Crippen LogP contribution < -0.4 is 20.1 Å². The Morgan fingerprint density at radius 1 is 1.19 bits per heavy atom. The third-order valence-electron chi connectivity index (χ3n) is 4.60. The molecule has 1 aromatic carbocycles. The zero-order chi connectivity index (χ0) is 18.1. The van der Waals surface area contributed by atoms with Gasteiger partial charge in [-0.1, -0.05) is 12.5 Å². The molecule has 0 radical (unpaired) electrons. The summed E-state index contributed by atoms with van der Waals surface area (Å²) in [6.45, 7) is 4.31. The summed E-state index contributed by atoms with van der Waals surface area (Å²) in [4.78, 5) is 4.63. The number of aliphatic hydroxyl groups excluding tert-OH is 1. The number of hydrogen-bond acceptors (Lipinski definition) is 4. The van der Waals surface area contributed by atoms with Crippen molar-refractivity contribution in [3.05, 3.63) is 23.8 Å². The largest absolute Gasteiger partial charge is 0.493 e. The fourth-order valence-corrected chi connectivity index (χ4v) is 3.14. The summed E-state index contributed by atoms with van der Waals surface area (Å²) in [5.74, 6) is 2.59. The van der Waals surface area contributed by atoms with Crippen LogP contribution in [0, 0.1) is 5.92 Å². The topological polar surface area (TPSA) is 75.1 Å². The highest BCUT2D eigenvalue weighted by atomic mass is 127. The number of nitrogens with one attached hydrogen (secondary N) is 2. The molecule has 3 N–H and O–H groups in total. The number of halogens is 1. The molecule has 1 fully saturated rings. The molecule has 1 aliphatic carbocycles. The summed E-state index contributed by atoms with van der Waals surface area (Å²) >= 11 is 0. The van der Waals surface area contributed by atoms with Crippen LogP contribution in [0.25, 0.3) is 0 Å². The van der Waals surface area contributed by atoms with Crippen LogP contribution in [-0.4, -0.2) is 51.0 Å². The highest BCUT2D eigenvalue weighted by Crippen LogP contribution is 2.27. The molecule has 0 heterocycles. The molecule has 0 amide bonds. The van der Waals surface area contributed by atoms with Crippen LogP contribution in [-0.2, 0) is 6.42 Å². The number of guanidine groups is 1. The molecule has 1 aromatic rings. The third kappa shape index (κ3) is 6.83. The van der Waals surface area contributed by atoms with E-state index in [1.807, 2.05) is 18.2 Å². The number of benzene rings is 1. The van der Waals surface area contributed by atoms with Crippen molar-refractivity contribution in [1.82, 2.24) is 10.6 Å². The zero-order valence-electron chi connectivity index (χ0n) is 16.0. The maximum absolute atomic E-state index is 9.92. The van der Waals surface area contributed by atoms with E-state index >= 15 is 0 Å². The summed E-state index contributed by atoms with van der Waals surface area (Å²) in [7, 11) is 3.28. The predicted octanol–water partition coefficient (Wildman–Crippen LogP) is 2.58. The molecular weight excluding hydrogens is 445 g/mol. The maximum atomic E-state index is 9.92. The first kappa shape index (κ1) is 22.8. The molecule has 0 saturated heterocycles. The van der Waals surface area contributed by atoms with E-state index in [9.17, 15) is 5.11 Å². The predicted molar refractivity (Wildman–Crippen MR) is 116 cm³/mol. The second-order valence-corrected chi connectivity index (χ2v) is 6.34. The first-order chi connectivity index (χ1) is 12.2. The molecule has 1 aliphatic rings. The Morgan fingerprint density at radius 3 is 2.58 bits per heavy atom. The van der Waals surface area contributed by atoms with Crippen molar-refractivity contribution in [2.75, 3.05) is 33.9 Å². The summed E-state index contributed by atoms with van der Waals surface area (Å²) in [6.07, 6.45) is 3.74. The van der Waals surface area contributed by atoms with E-state index < -0.39 is 0 Å². The van der Waals surface area contributed by atoms with Crippen molar-refractivity contribution < 1.29 is 14.6 Å². The Hall–Kier alpha value is -1.22. The number of hydrogen-bond donors (Lipinski definition) is 3. The third-order valence-corrected chi connectivity index (χ3v) is 4.60. The fourth-order valence-electron chi connectivity index (χ4n) is 3.14. The zero-order valence-corrected chi connectivity index (χ0v) is 18.3. The Morgan fingerprint density at radius 2 is 1.96 bits per heavy atom. The second-order valence-electron chi connectivity index (χ2n) is 6.34. The van der Waals surface area contributed by atoms with Gasteiger partial charge in [-0.25, -0.2) is 0 Å². The lowest BCUT2D eigenvalue weighted by Crippen LogP contribution is -2.39. The van der Waals surface area contributed by atoms with E-state index in [4.69, 9.17) is 9.47 Å². The molecule has 1 saturated carbocycles. The lowest BCUT2D eigenvalue weighted by Gasteiger charge is -2.15. The SMILES string of the molecule is CCNC(=NCC1CCCC1O)NCCc1ccc(OC)c(OC)c1.I. The van der Waals surface area contributed by atoms with Crippen molar-refractivity contribution in [3.63, 3.8) is 0 Å². The monoisotopic (exact) mass is 477 g/mol. The molecule has 0 spiro atoms. The molecule has 148 valence electrons. The number of aliphatic imine (C=N–C) groups is 1. The Balaban J connectivity index is 0.00000338. The van der Waals surface area contributed by atoms with E-state index in [1.165, 1.54) is 5.56 Å². The number of methoxy groups -OCH3 is 2. The lowest BCUT2D eigenvalue weighted by atomic mass is 10.1. The fraction of sp³-hybridized carbons (Fsp3) is 0.632. The molecule has 0 aliphatic heterocycles. The summed E-state index contributed by atoms with van der Waals surface area (Å²) in [5, 5.41) is 16.5. The summed E-state index contributed by atoms with van der Waals surface area (Å²) in [6, 6.07) is 5.97. The first-order valence-electron chi connectivity index (χ1n) is 9.09. The minimum atomic E-state index is -0.196. The molecule has 0 aromatic heterocycles. The normalized spacial score (nSPS) is 19.6. The van der Waals surface area contributed by atoms with Crippen molar-refractivity contribution in [2.45, 2.75) is 38.7 Å². The Bertz CT molecular complexity index is 569. The van der Waals surface area contributed by atoms with E-state index in [0.717, 1.165) is 56.2 Å². The first-order valence-corrected chi connectivity index (χ1v) is 9.09. The van der Waals surface area contributed by atoms with Gasteiger partial charge in [0.15, 0.2) is 17.5 Å². The minimum Gasteiger partial charge on any atom is -0.493 e. The highest BCUT2D eigenvalue weighted by molar-refractivity contribution is 14.0. The van der Waals surface area contributed by atoms with Gasteiger partial charge in [-0.15, -0.1) is 24.0 Å². The standard InChI is InChI=1S/C19H31N3O3.HI/c1-4-20-19(22-13-15-6-5-7-16(15)23)21-11-10-14-8-9-17(24-2)18(12-14)25-3;/h8-9,12,15-16,23H,4-7,10-11,13H2,1-3H3,(H2,20,21,22);1H. The number of aliphatic hydroxyl groups is 1. The van der Waals surface area contributed by atoms with Gasteiger partial charge in [0.1, 0.15) is 0 Å². The minimum absolute atomic E-state index is 0. The van der Waals surface area contributed by atoms with Gasteiger partial charge in [-0.05, 0) is 43.9 Å². The molecule has 2 atom stereocenters. The van der Waals surface area contributed by atoms with Gasteiger partial charge in [-0.2, -0.15) is 0 Å². The van der Waals surface area contributed by atoms with Gasteiger partial charge >= 0.3 is 0 Å². The van der Waals surface area contributed by atoms with Crippen LogP contribution in [0.5, 0.6) is 11.5 Å². The van der Waals surface area contributed by atoms with Crippen molar-refractivity contribution >= 4 is 29.9 Å². The smallest absolute Gasteiger partial charge is 0.191 e. The van der Waals surface area contributed by atoms with Crippen LogP contribution in [0.3, 0.4) is 0 Å². The molecule has 6 nitrogen and oxygen atoms in total. The van der Waals surface area contributed by atoms with Crippen molar-refractivity contribution in [2.24, 2.45) is 10.9 Å². The van der Waals surface area contributed by atoms with Gasteiger partial charge in [0.25, 0.3) is 0 Å². The van der Waals surface area contributed by atoms with Crippen LogP contribution in [0.1, 0.15) is 31.7 Å². The Kier molecular flexibility index (Phi) is 10.7. The molecule has 7 heteroatoms. The van der Waals surface area contributed by atoms with Gasteiger partial charge in [0.2, 0.25) is 0 Å². The van der Waals surface area contributed by atoms with Crippen LogP contribution in [0.4, 0.5) is 0 Å². The van der Waals surface area contributed by atoms with Gasteiger partial charge in [0, 0.05) is 25.6 Å². The van der Waals surface area contributed by atoms with Crippen molar-refractivity contribution in [3.8, 4) is 11.5 Å². The van der Waals surface area contributed by atoms with Crippen LogP contribution in [0.2, 0.25) is 0 Å². The number of rotatable bonds is 8. The van der Waals surface area contributed by atoms with E-state index in [0.29, 0.717) is 12.5 Å². The molecule has 2 unspecified atom stereocenters. The van der Waals surface area contributed by atoms with Crippen molar-refractivity contribution in [1.29, 1.82) is 0 Å². The number of nitrogens with zero attached hydrogens (tertiary/aromatic N) is 1. The Labute approximate surface area is 173 Å². The van der Waals surface area contributed by atoms with Gasteiger partial charge in [0.05, 0.1) is 20.3 Å². The highest BCUT2D eigenvalue weighted by Gasteiger charge is 2.24. The van der Waals surface area contributed by atoms with Gasteiger partial charge in [-0.3, -0.25) is 4.99 Å².